The fourth-order valence-corrected chi connectivity index (χ4v) is 4.00. The van der Waals surface area contributed by atoms with Crippen LogP contribution in [0.25, 0.3) is 10.4 Å². The predicted molar refractivity (Wildman–Crippen MR) is 114 cm³/mol. The summed E-state index contributed by atoms with van der Waals surface area (Å²) < 4.78 is 39.0. The lowest BCUT2D eigenvalue weighted by atomic mass is 10.1. The van der Waals surface area contributed by atoms with Crippen molar-refractivity contribution >= 4 is 14.1 Å². The molecule has 1 fully saturated rings. The molecule has 1 aromatic heterocycles. The van der Waals surface area contributed by atoms with Gasteiger partial charge in [-0.25, -0.2) is 9.18 Å². The van der Waals surface area contributed by atoms with Crippen molar-refractivity contribution in [1.29, 1.82) is 0 Å². The lowest BCUT2D eigenvalue weighted by Gasteiger charge is -2.23. The molecule has 3 N–H and O–H groups in total. The third kappa shape index (κ3) is 5.54. The molecule has 0 aliphatic carbocycles. The van der Waals surface area contributed by atoms with E-state index in [4.69, 9.17) is 19.6 Å². The molecular weight excluding hydrogens is 494 g/mol. The molecule has 0 radical (unpaired) electrons. The number of carboxylic acid groups (broad SMARTS) is 1. The van der Waals surface area contributed by atoms with Gasteiger partial charge in [0.2, 0.25) is 5.72 Å². The van der Waals surface area contributed by atoms with Crippen LogP contribution in [0.2, 0.25) is 0 Å². The van der Waals surface area contributed by atoms with E-state index in [1.165, 1.54) is 12.1 Å². The number of aliphatic hydroxyl groups is 1. The number of H-pyrrole nitrogens is 1. The summed E-state index contributed by atoms with van der Waals surface area (Å²) in [6.07, 6.45) is -5.37. The van der Waals surface area contributed by atoms with Crippen molar-refractivity contribution in [1.82, 2.24) is 14.4 Å². The summed E-state index contributed by atoms with van der Waals surface area (Å²) in [7, 11) is -3.16. The molecule has 17 heteroatoms. The van der Waals surface area contributed by atoms with Crippen LogP contribution in [-0.2, 0) is 18.6 Å². The molecule has 3 rings (SSSR count). The Morgan fingerprint density at radius 1 is 1.43 bits per heavy atom. The Morgan fingerprint density at radius 3 is 2.71 bits per heavy atom. The Balaban J connectivity index is 1.85. The zero-order chi connectivity index (χ0) is 25.8. The number of hydrogen-bond donors (Lipinski definition) is 3. The van der Waals surface area contributed by atoms with Crippen LogP contribution in [-0.4, -0.2) is 61.2 Å². The summed E-state index contributed by atoms with van der Waals surface area (Å²) in [4.78, 5) is 45.0. The molecule has 0 spiro atoms. The summed E-state index contributed by atoms with van der Waals surface area (Å²) in [5.41, 5.74) is 4.53. The minimum Gasteiger partial charge on any atom is -0.480 e. The van der Waals surface area contributed by atoms with Gasteiger partial charge in [0.25, 0.3) is 5.56 Å². The second kappa shape index (κ2) is 10.7. The monoisotopic (exact) mass is 513 g/mol. The average molecular weight is 513 g/mol. The largest absolute Gasteiger partial charge is 0.653 e. The zero-order valence-corrected chi connectivity index (χ0v) is 18.8. The molecule has 15 nitrogen and oxygen atoms in total. The number of nitrogens with zero attached hydrogens (tertiary/aromatic N) is 5. The topological polar surface area (TPSA) is 209 Å². The Hall–Kier alpha value is -3.65. The number of aliphatic hydroxyl groups excluding tert-OH is 1. The molecule has 186 valence electrons. The van der Waals surface area contributed by atoms with Gasteiger partial charge in [-0.3, -0.25) is 19.1 Å². The number of carbonyl (C=O) groups is 1. The highest BCUT2D eigenvalue weighted by atomic mass is 31.1. The van der Waals surface area contributed by atoms with E-state index in [1.54, 1.807) is 18.2 Å². The van der Waals surface area contributed by atoms with E-state index < -0.39 is 62.3 Å². The third-order valence-electron chi connectivity index (χ3n) is 4.86. The SMILES string of the molecule is CC(C(=O)O)N(Oc1ccccc1)[P+](=O)OC[C@@]1(N=[N+]=[N-])O[C@@H](n2ccc(=O)[nH]c2=O)[C@H](O)[C@@H]1F. The molecule has 35 heavy (non-hydrogen) atoms. The summed E-state index contributed by atoms with van der Waals surface area (Å²) in [5.74, 6) is -1.31. The Kier molecular flexibility index (Phi) is 7.96. The van der Waals surface area contributed by atoms with Crippen molar-refractivity contribution in [2.75, 3.05) is 6.61 Å². The lowest BCUT2D eigenvalue weighted by molar-refractivity contribution is -0.149. The first-order valence-electron chi connectivity index (χ1n) is 9.82. The number of azide groups is 1. The van der Waals surface area contributed by atoms with Crippen LogP contribution in [0, 0.1) is 0 Å². The van der Waals surface area contributed by atoms with Gasteiger partial charge in [-0.2, -0.15) is 0 Å². The van der Waals surface area contributed by atoms with Crippen molar-refractivity contribution in [2.45, 2.75) is 37.2 Å². The highest BCUT2D eigenvalue weighted by Crippen LogP contribution is 2.43. The number of ether oxygens (including phenoxy) is 1. The summed E-state index contributed by atoms with van der Waals surface area (Å²) in [6, 6.07) is 7.12. The van der Waals surface area contributed by atoms with Gasteiger partial charge < -0.3 is 19.8 Å². The van der Waals surface area contributed by atoms with Crippen LogP contribution in [0.5, 0.6) is 5.75 Å². The van der Waals surface area contributed by atoms with Crippen LogP contribution in [0.15, 0.2) is 57.3 Å². The fourth-order valence-electron chi connectivity index (χ4n) is 3.04. The molecule has 1 aromatic carbocycles. The number of hydrogen-bond acceptors (Lipinski definition) is 9. The molecule has 0 saturated carbocycles. The first-order valence-corrected chi connectivity index (χ1v) is 11.0. The van der Waals surface area contributed by atoms with Gasteiger partial charge in [0, 0.05) is 17.2 Å². The predicted octanol–water partition coefficient (Wildman–Crippen LogP) is 1.21. The number of nitrogens with one attached hydrogen (secondary N) is 1. The standard InChI is InChI=1S/C18H18FN6O9P/c1-10(16(28)29)25(34-11-5-3-2-4-6-11)35(31)32-9-18(22-23-20)14(19)13(27)15(33-18)24-8-7-12(26)21-17(24)30/h2-8,10,13-15,27H,9H2,1H3,(H-,21,26,28,29,30)/p+1/t10?,13-,14+,15-,18-/m1/s1. The number of aliphatic carboxylic acids is 1. The average Bonchev–Trinajstić information content (AvgIpc) is 3.07. The van der Waals surface area contributed by atoms with E-state index in [0.29, 0.717) is 9.40 Å². The number of aromatic nitrogens is 2. The highest BCUT2D eigenvalue weighted by molar-refractivity contribution is 7.36. The number of alkyl halides is 1. The van der Waals surface area contributed by atoms with E-state index in [2.05, 4.69) is 10.0 Å². The van der Waals surface area contributed by atoms with E-state index in [9.17, 15) is 29.2 Å². The van der Waals surface area contributed by atoms with Gasteiger partial charge in [0.15, 0.2) is 24.2 Å². The number of hydroxylamine groups is 1. The van der Waals surface area contributed by atoms with Gasteiger partial charge in [0.05, 0.1) is 0 Å². The van der Waals surface area contributed by atoms with Crippen molar-refractivity contribution < 1.29 is 38.1 Å². The quantitative estimate of drug-likeness (QED) is 0.136. The van der Waals surface area contributed by atoms with Gasteiger partial charge in [-0.05, 0) is 29.2 Å². The van der Waals surface area contributed by atoms with Gasteiger partial charge in [0.1, 0.15) is 17.5 Å². The van der Waals surface area contributed by atoms with Crippen LogP contribution in [0.4, 0.5) is 4.39 Å². The smallest absolute Gasteiger partial charge is 0.480 e. The first-order chi connectivity index (χ1) is 16.6. The molecule has 2 unspecified atom stereocenters. The third-order valence-corrected chi connectivity index (χ3v) is 5.96. The van der Waals surface area contributed by atoms with E-state index in [1.807, 2.05) is 4.98 Å². The Bertz CT molecular complexity index is 1250. The molecule has 1 aliphatic heterocycles. The highest BCUT2D eigenvalue weighted by Gasteiger charge is 2.59. The maximum atomic E-state index is 15.1. The second-order valence-corrected chi connectivity index (χ2v) is 8.31. The van der Waals surface area contributed by atoms with Crippen molar-refractivity contribution in [3.05, 3.63) is 73.9 Å². The zero-order valence-electron chi connectivity index (χ0n) is 17.9. The maximum Gasteiger partial charge on any atom is 0.653 e. The molecule has 0 amide bonds. The van der Waals surface area contributed by atoms with E-state index >= 15 is 4.39 Å². The van der Waals surface area contributed by atoms with Crippen molar-refractivity contribution in [3.8, 4) is 5.75 Å². The fraction of sp³-hybridized carbons (Fsp3) is 0.389. The molecular formula is C18H19FN6O9P+. The molecule has 1 aliphatic rings. The van der Waals surface area contributed by atoms with E-state index in [0.717, 1.165) is 19.2 Å². The minimum absolute atomic E-state index is 0.116. The summed E-state index contributed by atoms with van der Waals surface area (Å²) in [5, 5.41) is 22.9. The molecule has 2 aromatic rings. The Labute approximate surface area is 195 Å². The summed E-state index contributed by atoms with van der Waals surface area (Å²) >= 11 is 0. The number of aromatic amines is 1. The number of benzene rings is 1. The lowest BCUT2D eigenvalue weighted by Crippen LogP contribution is -2.43. The van der Waals surface area contributed by atoms with Crippen LogP contribution < -0.4 is 16.1 Å². The first kappa shape index (κ1) is 26.0. The molecule has 1 saturated heterocycles. The number of para-hydroxylation sites is 1. The minimum atomic E-state index is -3.16. The molecule has 2 heterocycles. The van der Waals surface area contributed by atoms with Crippen LogP contribution in [0.1, 0.15) is 13.2 Å². The van der Waals surface area contributed by atoms with E-state index in [-0.39, 0.29) is 5.75 Å². The maximum absolute atomic E-state index is 15.1. The Morgan fingerprint density at radius 2 is 2.11 bits per heavy atom. The number of halogens is 1. The van der Waals surface area contributed by atoms with Gasteiger partial charge in [-0.1, -0.05) is 23.3 Å². The number of carboxylic acids is 1. The summed E-state index contributed by atoms with van der Waals surface area (Å²) in [6.45, 7) is 0.0809. The van der Waals surface area contributed by atoms with Gasteiger partial charge >= 0.3 is 19.8 Å². The van der Waals surface area contributed by atoms with Crippen molar-refractivity contribution in [2.24, 2.45) is 5.11 Å². The van der Waals surface area contributed by atoms with Crippen LogP contribution >= 0.6 is 8.18 Å². The van der Waals surface area contributed by atoms with Crippen molar-refractivity contribution in [3.63, 3.8) is 0 Å². The van der Waals surface area contributed by atoms with Crippen LogP contribution in [0.3, 0.4) is 0 Å². The molecule has 0 bridgehead atoms. The normalized spacial score (nSPS) is 25.0. The second-order valence-electron chi connectivity index (χ2n) is 7.18. The van der Waals surface area contributed by atoms with Gasteiger partial charge in [-0.15, -0.1) is 4.52 Å². The molecule has 6 atom stereocenters. The number of rotatable bonds is 10.